The average Bonchev–Trinajstić information content (AvgIpc) is 3.09. The van der Waals surface area contributed by atoms with Gasteiger partial charge in [0.25, 0.3) is 5.91 Å². The van der Waals surface area contributed by atoms with E-state index in [0.717, 1.165) is 21.3 Å². The number of furan rings is 1. The summed E-state index contributed by atoms with van der Waals surface area (Å²) in [6, 6.07) is 19.0. The molecule has 28 heavy (non-hydrogen) atoms. The van der Waals surface area contributed by atoms with E-state index in [4.69, 9.17) is 13.9 Å². The predicted octanol–water partition coefficient (Wildman–Crippen LogP) is 5.33. The van der Waals surface area contributed by atoms with Gasteiger partial charge in [-0.05, 0) is 42.7 Å². The molecule has 0 aliphatic carbocycles. The van der Waals surface area contributed by atoms with Gasteiger partial charge >= 0.3 is 0 Å². The van der Waals surface area contributed by atoms with Crippen molar-refractivity contribution in [2.75, 3.05) is 25.3 Å². The summed E-state index contributed by atoms with van der Waals surface area (Å²) in [5.41, 5.74) is 2.02. The highest BCUT2D eigenvalue weighted by Gasteiger charge is 2.14. The number of ether oxygens (including phenoxy) is 2. The Morgan fingerprint density at radius 2 is 1.82 bits per heavy atom. The van der Waals surface area contributed by atoms with Gasteiger partial charge in [0.05, 0.1) is 12.8 Å². The first-order chi connectivity index (χ1) is 13.7. The molecule has 1 aromatic heterocycles. The van der Waals surface area contributed by atoms with Crippen LogP contribution in [0.2, 0.25) is 0 Å². The quantitative estimate of drug-likeness (QED) is 0.449. The minimum atomic E-state index is -0.275. The van der Waals surface area contributed by atoms with Gasteiger partial charge in [0.1, 0.15) is 22.7 Å². The zero-order chi connectivity index (χ0) is 19.5. The van der Waals surface area contributed by atoms with Gasteiger partial charge in [-0.3, -0.25) is 4.79 Å². The van der Waals surface area contributed by atoms with Crippen LogP contribution in [0.15, 0.2) is 70.0 Å². The second-order valence-corrected chi connectivity index (χ2v) is 7.04. The second kappa shape index (κ2) is 7.86. The van der Waals surface area contributed by atoms with E-state index >= 15 is 0 Å². The van der Waals surface area contributed by atoms with Crippen LogP contribution in [0.3, 0.4) is 0 Å². The zero-order valence-corrected chi connectivity index (χ0v) is 16.3. The molecule has 0 atom stereocenters. The first-order valence-corrected chi connectivity index (χ1v) is 9.96. The molecule has 0 unspecified atom stereocenters. The van der Waals surface area contributed by atoms with Crippen molar-refractivity contribution in [3.63, 3.8) is 0 Å². The molecule has 1 heterocycles. The maximum Gasteiger partial charge on any atom is 0.262 e. The second-order valence-electron chi connectivity index (χ2n) is 6.16. The summed E-state index contributed by atoms with van der Waals surface area (Å²) < 4.78 is 16.9. The van der Waals surface area contributed by atoms with E-state index in [2.05, 4.69) is 5.32 Å². The van der Waals surface area contributed by atoms with Gasteiger partial charge in [-0.2, -0.15) is 0 Å². The van der Waals surface area contributed by atoms with E-state index < -0.39 is 0 Å². The van der Waals surface area contributed by atoms with Crippen molar-refractivity contribution >= 4 is 45.3 Å². The molecule has 0 spiro atoms. The number of amides is 1. The van der Waals surface area contributed by atoms with Gasteiger partial charge in [0.15, 0.2) is 6.61 Å². The number of methoxy groups -OCH3 is 1. The van der Waals surface area contributed by atoms with Crippen LogP contribution in [-0.4, -0.2) is 25.9 Å². The van der Waals surface area contributed by atoms with E-state index in [1.807, 2.05) is 60.9 Å². The monoisotopic (exact) mass is 393 g/mol. The van der Waals surface area contributed by atoms with Crippen LogP contribution in [-0.2, 0) is 4.79 Å². The lowest BCUT2D eigenvalue weighted by Gasteiger charge is -2.11. The van der Waals surface area contributed by atoms with Gasteiger partial charge in [-0.15, -0.1) is 11.8 Å². The van der Waals surface area contributed by atoms with E-state index in [1.54, 1.807) is 24.9 Å². The summed E-state index contributed by atoms with van der Waals surface area (Å²) in [7, 11) is 1.57. The molecule has 142 valence electrons. The summed E-state index contributed by atoms with van der Waals surface area (Å²) in [6.07, 6.45) is 2.01. The summed E-state index contributed by atoms with van der Waals surface area (Å²) in [5.74, 6) is 0.937. The van der Waals surface area contributed by atoms with Crippen LogP contribution in [0.4, 0.5) is 5.69 Å². The molecular weight excluding hydrogens is 374 g/mol. The van der Waals surface area contributed by atoms with E-state index in [9.17, 15) is 4.79 Å². The first-order valence-electron chi connectivity index (χ1n) is 8.74. The number of anilines is 1. The third-order valence-electron chi connectivity index (χ3n) is 4.40. The molecule has 0 fully saturated rings. The molecule has 1 N–H and O–H groups in total. The first kappa shape index (κ1) is 18.3. The maximum atomic E-state index is 12.4. The van der Waals surface area contributed by atoms with Crippen molar-refractivity contribution < 1.29 is 18.7 Å². The molecule has 0 aliphatic heterocycles. The fourth-order valence-electron chi connectivity index (χ4n) is 3.03. The van der Waals surface area contributed by atoms with Crippen LogP contribution in [0.25, 0.3) is 21.9 Å². The van der Waals surface area contributed by atoms with Crippen molar-refractivity contribution in [1.82, 2.24) is 0 Å². The van der Waals surface area contributed by atoms with Crippen molar-refractivity contribution in [1.29, 1.82) is 0 Å². The number of carbonyl (C=O) groups excluding carboxylic acids is 1. The Kier molecular flexibility index (Phi) is 5.12. The standard InChI is InChI=1S/C22H19NO4S/c1-25-21-11-17-16-5-3-4-6-19(16)27-20(17)12-18(21)23-22(24)13-26-14-7-9-15(28-2)10-8-14/h3-12H,13H2,1-2H3,(H,23,24). The number of hydrogen-bond donors (Lipinski definition) is 1. The largest absolute Gasteiger partial charge is 0.495 e. The molecule has 1 amide bonds. The number of nitrogens with one attached hydrogen (secondary N) is 1. The van der Waals surface area contributed by atoms with Gasteiger partial charge in [0.2, 0.25) is 0 Å². The minimum Gasteiger partial charge on any atom is -0.495 e. The molecule has 3 aromatic carbocycles. The fraction of sp³-hybridized carbons (Fsp3) is 0.136. The molecule has 0 bridgehead atoms. The van der Waals surface area contributed by atoms with Crippen molar-refractivity contribution in [2.24, 2.45) is 0 Å². The van der Waals surface area contributed by atoms with Gasteiger partial charge in [-0.25, -0.2) is 0 Å². The number of carbonyl (C=O) groups is 1. The summed E-state index contributed by atoms with van der Waals surface area (Å²) in [4.78, 5) is 13.5. The lowest BCUT2D eigenvalue weighted by atomic mass is 10.1. The molecular formula is C22H19NO4S. The highest BCUT2D eigenvalue weighted by atomic mass is 32.2. The minimum absolute atomic E-state index is 0.0973. The molecule has 4 aromatic rings. The molecule has 0 saturated heterocycles. The van der Waals surface area contributed by atoms with Gasteiger partial charge < -0.3 is 19.2 Å². The fourth-order valence-corrected chi connectivity index (χ4v) is 3.43. The number of para-hydroxylation sites is 1. The Bertz CT molecular complexity index is 1130. The smallest absolute Gasteiger partial charge is 0.262 e. The average molecular weight is 393 g/mol. The van der Waals surface area contributed by atoms with Crippen molar-refractivity contribution in [3.05, 3.63) is 60.7 Å². The summed E-state index contributed by atoms with van der Waals surface area (Å²) in [6.45, 7) is -0.0973. The Balaban J connectivity index is 1.52. The molecule has 6 heteroatoms. The topological polar surface area (TPSA) is 60.7 Å². The van der Waals surface area contributed by atoms with Crippen LogP contribution in [0, 0.1) is 0 Å². The van der Waals surface area contributed by atoms with Crippen molar-refractivity contribution in [2.45, 2.75) is 4.90 Å². The van der Waals surface area contributed by atoms with Crippen LogP contribution in [0.1, 0.15) is 0 Å². The molecule has 0 radical (unpaired) electrons. The zero-order valence-electron chi connectivity index (χ0n) is 15.5. The number of benzene rings is 3. The third-order valence-corrected chi connectivity index (χ3v) is 5.15. The lowest BCUT2D eigenvalue weighted by Crippen LogP contribution is -2.20. The Morgan fingerprint density at radius 3 is 2.57 bits per heavy atom. The highest BCUT2D eigenvalue weighted by molar-refractivity contribution is 7.98. The maximum absolute atomic E-state index is 12.4. The molecule has 0 aliphatic rings. The molecule has 5 nitrogen and oxygen atoms in total. The third kappa shape index (κ3) is 3.64. The SMILES string of the molecule is COc1cc2c(cc1NC(=O)COc1ccc(SC)cc1)oc1ccccc12. The molecule has 0 saturated carbocycles. The Labute approximate surface area is 166 Å². The number of hydrogen-bond acceptors (Lipinski definition) is 5. The van der Waals surface area contributed by atoms with Gasteiger partial charge in [0, 0.05) is 21.7 Å². The number of rotatable bonds is 6. The Morgan fingerprint density at radius 1 is 1.04 bits per heavy atom. The van der Waals surface area contributed by atoms with Crippen LogP contribution >= 0.6 is 11.8 Å². The van der Waals surface area contributed by atoms with Crippen LogP contribution in [0.5, 0.6) is 11.5 Å². The van der Waals surface area contributed by atoms with E-state index in [-0.39, 0.29) is 12.5 Å². The predicted molar refractivity (Wildman–Crippen MR) is 113 cm³/mol. The van der Waals surface area contributed by atoms with Crippen molar-refractivity contribution in [3.8, 4) is 11.5 Å². The Hall–Kier alpha value is -3.12. The highest BCUT2D eigenvalue weighted by Crippen LogP contribution is 2.36. The molecule has 4 rings (SSSR count). The van der Waals surface area contributed by atoms with E-state index in [1.165, 1.54) is 0 Å². The van der Waals surface area contributed by atoms with Crippen LogP contribution < -0.4 is 14.8 Å². The van der Waals surface area contributed by atoms with E-state index in [0.29, 0.717) is 22.8 Å². The normalized spacial score (nSPS) is 10.9. The number of fused-ring (bicyclic) bond motifs is 3. The number of thioether (sulfide) groups is 1. The lowest BCUT2D eigenvalue weighted by molar-refractivity contribution is -0.118. The van der Waals surface area contributed by atoms with Gasteiger partial charge in [-0.1, -0.05) is 18.2 Å². The summed E-state index contributed by atoms with van der Waals surface area (Å²) >= 11 is 1.65. The summed E-state index contributed by atoms with van der Waals surface area (Å²) in [5, 5.41) is 4.78.